The summed E-state index contributed by atoms with van der Waals surface area (Å²) in [5.41, 5.74) is 4.11. The van der Waals surface area contributed by atoms with Crippen molar-refractivity contribution >= 4 is 11.6 Å². The molecule has 1 N–H and O–H groups in total. The number of hydrogen-bond donors (Lipinski definition) is 1. The van der Waals surface area contributed by atoms with E-state index in [-0.39, 0.29) is 5.91 Å². The van der Waals surface area contributed by atoms with Gasteiger partial charge in [0.1, 0.15) is 0 Å². The number of carbonyl (C=O) groups excluding carboxylic acids is 1. The first kappa shape index (κ1) is 12.4. The Kier molecular flexibility index (Phi) is 4.64. The zero-order valence-electron chi connectivity index (χ0n) is 9.90. The summed E-state index contributed by atoms with van der Waals surface area (Å²) >= 11 is 0. The largest absolute Gasteiger partial charge is 0.271 e. The third-order valence-electron chi connectivity index (χ3n) is 2.27. The van der Waals surface area contributed by atoms with Crippen LogP contribution in [-0.2, 0) is 0 Å². The van der Waals surface area contributed by atoms with Gasteiger partial charge in [0.25, 0.3) is 5.91 Å². The number of aromatic nitrogens is 1. The minimum atomic E-state index is -0.200. The summed E-state index contributed by atoms with van der Waals surface area (Å²) in [5.74, 6) is 0.150. The van der Waals surface area contributed by atoms with Gasteiger partial charge in [0, 0.05) is 23.7 Å². The Morgan fingerprint density at radius 3 is 2.56 bits per heavy atom. The Morgan fingerprint density at radius 2 is 2.06 bits per heavy atom. The molecule has 4 heteroatoms. The molecule has 0 aromatic carbocycles. The smallest absolute Gasteiger partial charge is 0.267 e. The van der Waals surface area contributed by atoms with Crippen molar-refractivity contribution in [3.8, 4) is 0 Å². The molecule has 0 unspecified atom stereocenters. The predicted molar refractivity (Wildman–Crippen MR) is 64.3 cm³/mol. The molecule has 1 aromatic rings. The highest BCUT2D eigenvalue weighted by Gasteiger charge is 2.05. The molecule has 0 aliphatic rings. The maximum absolute atomic E-state index is 11.6. The molecule has 0 aliphatic carbocycles. The van der Waals surface area contributed by atoms with Gasteiger partial charge in [-0.3, -0.25) is 9.78 Å². The highest BCUT2D eigenvalue weighted by Crippen LogP contribution is 2.01. The van der Waals surface area contributed by atoms with Gasteiger partial charge < -0.3 is 0 Å². The first-order valence-electron chi connectivity index (χ1n) is 5.42. The first-order chi connectivity index (χ1) is 7.65. The number of amides is 1. The summed E-state index contributed by atoms with van der Waals surface area (Å²) in [4.78, 5) is 15.5. The van der Waals surface area contributed by atoms with Crippen LogP contribution in [0, 0.1) is 5.92 Å². The average Bonchev–Trinajstić information content (AvgIpc) is 2.30. The van der Waals surface area contributed by atoms with Gasteiger partial charge in [0.15, 0.2) is 0 Å². The fraction of sp³-hybridized carbons (Fsp3) is 0.417. The number of rotatable bonds is 4. The van der Waals surface area contributed by atoms with Crippen LogP contribution in [0.2, 0.25) is 0 Å². The molecule has 86 valence electrons. The van der Waals surface area contributed by atoms with Gasteiger partial charge in [-0.25, -0.2) is 5.43 Å². The summed E-state index contributed by atoms with van der Waals surface area (Å²) in [5, 5.41) is 4.11. The third-order valence-corrected chi connectivity index (χ3v) is 2.27. The molecule has 1 rings (SSSR count). The van der Waals surface area contributed by atoms with E-state index in [0.29, 0.717) is 11.5 Å². The lowest BCUT2D eigenvalue weighted by molar-refractivity contribution is 0.0954. The maximum Gasteiger partial charge on any atom is 0.271 e. The SMILES string of the molecule is CCC(=NNC(=O)c1ccncc1)C(C)C. The van der Waals surface area contributed by atoms with E-state index in [1.165, 1.54) is 0 Å². The van der Waals surface area contributed by atoms with Crippen LogP contribution in [0.15, 0.2) is 29.6 Å². The second-order valence-corrected chi connectivity index (χ2v) is 3.79. The van der Waals surface area contributed by atoms with Crippen LogP contribution in [-0.4, -0.2) is 16.6 Å². The van der Waals surface area contributed by atoms with Crippen molar-refractivity contribution in [1.29, 1.82) is 0 Å². The standard InChI is InChI=1S/C12H17N3O/c1-4-11(9(2)3)14-15-12(16)10-5-7-13-8-6-10/h5-9H,4H2,1-3H3,(H,15,16). The van der Waals surface area contributed by atoms with E-state index in [2.05, 4.69) is 29.4 Å². The summed E-state index contributed by atoms with van der Waals surface area (Å²) in [6, 6.07) is 3.32. The highest BCUT2D eigenvalue weighted by molar-refractivity contribution is 5.95. The van der Waals surface area contributed by atoms with Crippen LogP contribution in [0.3, 0.4) is 0 Å². The zero-order valence-corrected chi connectivity index (χ0v) is 9.90. The van der Waals surface area contributed by atoms with Gasteiger partial charge in [-0.05, 0) is 24.5 Å². The Labute approximate surface area is 95.8 Å². The molecule has 0 bridgehead atoms. The number of carbonyl (C=O) groups is 1. The topological polar surface area (TPSA) is 54.4 Å². The molecule has 0 saturated heterocycles. The van der Waals surface area contributed by atoms with Gasteiger partial charge in [-0.1, -0.05) is 20.8 Å². The molecule has 0 spiro atoms. The van der Waals surface area contributed by atoms with Gasteiger partial charge in [0.2, 0.25) is 0 Å². The molecular weight excluding hydrogens is 202 g/mol. The lowest BCUT2D eigenvalue weighted by Gasteiger charge is -2.07. The number of nitrogens with one attached hydrogen (secondary N) is 1. The highest BCUT2D eigenvalue weighted by atomic mass is 16.2. The monoisotopic (exact) mass is 219 g/mol. The van der Waals surface area contributed by atoms with Crippen molar-refractivity contribution in [1.82, 2.24) is 10.4 Å². The Balaban J connectivity index is 2.66. The van der Waals surface area contributed by atoms with E-state index < -0.39 is 0 Å². The zero-order chi connectivity index (χ0) is 12.0. The van der Waals surface area contributed by atoms with Crippen LogP contribution < -0.4 is 5.43 Å². The van der Waals surface area contributed by atoms with Crippen molar-refractivity contribution in [3.63, 3.8) is 0 Å². The van der Waals surface area contributed by atoms with Crippen LogP contribution in [0.1, 0.15) is 37.6 Å². The van der Waals surface area contributed by atoms with E-state index in [1.807, 2.05) is 6.92 Å². The molecule has 1 aromatic heterocycles. The van der Waals surface area contributed by atoms with Crippen molar-refractivity contribution in [2.75, 3.05) is 0 Å². The number of pyridine rings is 1. The van der Waals surface area contributed by atoms with E-state index in [0.717, 1.165) is 12.1 Å². The second kappa shape index (κ2) is 6.00. The third kappa shape index (κ3) is 3.46. The summed E-state index contributed by atoms with van der Waals surface area (Å²) in [6.45, 7) is 6.14. The molecule has 0 atom stereocenters. The fourth-order valence-corrected chi connectivity index (χ4v) is 1.31. The number of hydrazone groups is 1. The molecule has 0 radical (unpaired) electrons. The molecule has 0 fully saturated rings. The van der Waals surface area contributed by atoms with Crippen LogP contribution in [0.4, 0.5) is 0 Å². The Morgan fingerprint density at radius 1 is 1.44 bits per heavy atom. The average molecular weight is 219 g/mol. The summed E-state index contributed by atoms with van der Waals surface area (Å²) in [6.07, 6.45) is 4.01. The van der Waals surface area contributed by atoms with E-state index in [4.69, 9.17) is 0 Å². The van der Waals surface area contributed by atoms with Gasteiger partial charge in [-0.2, -0.15) is 5.10 Å². The Bertz CT molecular complexity index is 371. The quantitative estimate of drug-likeness (QED) is 0.623. The van der Waals surface area contributed by atoms with Gasteiger partial charge >= 0.3 is 0 Å². The molecule has 0 aliphatic heterocycles. The van der Waals surface area contributed by atoms with Gasteiger partial charge in [0.05, 0.1) is 0 Å². The second-order valence-electron chi connectivity index (χ2n) is 3.79. The molecule has 4 nitrogen and oxygen atoms in total. The normalized spacial score (nSPS) is 11.6. The lowest BCUT2D eigenvalue weighted by Crippen LogP contribution is -2.21. The number of nitrogens with zero attached hydrogens (tertiary/aromatic N) is 2. The summed E-state index contributed by atoms with van der Waals surface area (Å²) < 4.78 is 0. The van der Waals surface area contributed by atoms with Crippen molar-refractivity contribution in [2.45, 2.75) is 27.2 Å². The lowest BCUT2D eigenvalue weighted by atomic mass is 10.1. The minimum Gasteiger partial charge on any atom is -0.267 e. The van der Waals surface area contributed by atoms with Crippen molar-refractivity contribution in [2.24, 2.45) is 11.0 Å². The van der Waals surface area contributed by atoms with E-state index in [1.54, 1.807) is 24.5 Å². The fourth-order valence-electron chi connectivity index (χ4n) is 1.31. The molecule has 0 saturated carbocycles. The van der Waals surface area contributed by atoms with Crippen molar-refractivity contribution in [3.05, 3.63) is 30.1 Å². The van der Waals surface area contributed by atoms with Crippen LogP contribution in [0.5, 0.6) is 0 Å². The molecule has 1 amide bonds. The van der Waals surface area contributed by atoms with E-state index >= 15 is 0 Å². The van der Waals surface area contributed by atoms with Gasteiger partial charge in [-0.15, -0.1) is 0 Å². The van der Waals surface area contributed by atoms with Crippen LogP contribution in [0.25, 0.3) is 0 Å². The minimum absolute atomic E-state index is 0.200. The van der Waals surface area contributed by atoms with Crippen LogP contribution >= 0.6 is 0 Å². The number of hydrogen-bond acceptors (Lipinski definition) is 3. The first-order valence-corrected chi connectivity index (χ1v) is 5.42. The Hall–Kier alpha value is -1.71. The summed E-state index contributed by atoms with van der Waals surface area (Å²) in [7, 11) is 0. The predicted octanol–water partition coefficient (Wildman–Crippen LogP) is 2.23. The maximum atomic E-state index is 11.6. The van der Waals surface area contributed by atoms with E-state index in [9.17, 15) is 4.79 Å². The molecule has 1 heterocycles. The van der Waals surface area contributed by atoms with Crippen molar-refractivity contribution < 1.29 is 4.79 Å². The molecular formula is C12H17N3O. The molecule has 16 heavy (non-hydrogen) atoms.